The highest BCUT2D eigenvalue weighted by Crippen LogP contribution is 2.17. The van der Waals surface area contributed by atoms with Gasteiger partial charge in [-0.2, -0.15) is 0 Å². The Morgan fingerprint density at radius 1 is 1.50 bits per heavy atom. The zero-order chi connectivity index (χ0) is 12.8. The van der Waals surface area contributed by atoms with Gasteiger partial charge in [-0.1, -0.05) is 18.2 Å². The third kappa shape index (κ3) is 3.31. The summed E-state index contributed by atoms with van der Waals surface area (Å²) in [7, 11) is 0. The Balaban J connectivity index is 2.00. The van der Waals surface area contributed by atoms with Crippen molar-refractivity contribution in [3.63, 3.8) is 0 Å². The van der Waals surface area contributed by atoms with Crippen molar-refractivity contribution in [3.8, 4) is 0 Å². The number of anilines is 1. The highest BCUT2D eigenvalue weighted by molar-refractivity contribution is 5.95. The number of amides is 1. The Hall–Kier alpha value is -1.39. The van der Waals surface area contributed by atoms with Crippen molar-refractivity contribution in [2.45, 2.75) is 32.4 Å². The quantitative estimate of drug-likeness (QED) is 0.837. The zero-order valence-corrected chi connectivity index (χ0v) is 10.7. The molecular weight excluding hydrogens is 228 g/mol. The van der Waals surface area contributed by atoms with Gasteiger partial charge in [0.25, 0.3) is 0 Å². The van der Waals surface area contributed by atoms with Crippen molar-refractivity contribution >= 4 is 11.6 Å². The fourth-order valence-electron chi connectivity index (χ4n) is 2.11. The number of hydrogen-bond acceptors (Lipinski definition) is 3. The van der Waals surface area contributed by atoms with E-state index >= 15 is 0 Å². The number of ether oxygens (including phenoxy) is 1. The molecule has 0 aliphatic carbocycles. The van der Waals surface area contributed by atoms with Gasteiger partial charge in [-0.3, -0.25) is 4.79 Å². The summed E-state index contributed by atoms with van der Waals surface area (Å²) in [5.74, 6) is 0.0523. The van der Waals surface area contributed by atoms with E-state index in [1.807, 2.05) is 31.2 Å². The van der Waals surface area contributed by atoms with Crippen LogP contribution in [0.5, 0.6) is 0 Å². The molecule has 1 aliphatic rings. The van der Waals surface area contributed by atoms with Crippen LogP contribution in [0.1, 0.15) is 25.3 Å². The molecule has 1 amide bonds. The Morgan fingerprint density at radius 3 is 3.06 bits per heavy atom. The third-order valence-corrected chi connectivity index (χ3v) is 3.11. The fourth-order valence-corrected chi connectivity index (χ4v) is 2.11. The van der Waals surface area contributed by atoms with E-state index in [2.05, 4.69) is 10.6 Å². The molecule has 98 valence electrons. The second-order valence-corrected chi connectivity index (χ2v) is 4.43. The van der Waals surface area contributed by atoms with Gasteiger partial charge in [0.15, 0.2) is 0 Å². The maximum atomic E-state index is 12.0. The van der Waals surface area contributed by atoms with Crippen LogP contribution in [0.2, 0.25) is 0 Å². The van der Waals surface area contributed by atoms with E-state index < -0.39 is 0 Å². The highest BCUT2D eigenvalue weighted by atomic mass is 16.5. The number of para-hydroxylation sites is 1. The Bertz CT molecular complexity index is 401. The van der Waals surface area contributed by atoms with Gasteiger partial charge in [0.2, 0.25) is 5.91 Å². The molecule has 18 heavy (non-hydrogen) atoms. The number of nitrogens with one attached hydrogen (secondary N) is 2. The standard InChI is InChI=1S/C14H20N2O2/c1-2-18-10-11-6-3-4-7-12(11)16-14(17)13-8-5-9-15-13/h3-4,6-7,13,15H,2,5,8-10H2,1H3,(H,16,17). The van der Waals surface area contributed by atoms with E-state index in [0.717, 1.165) is 30.6 Å². The summed E-state index contributed by atoms with van der Waals surface area (Å²) in [6, 6.07) is 7.73. The Kier molecular flexibility index (Phi) is 4.73. The fraction of sp³-hybridized carbons (Fsp3) is 0.500. The molecular formula is C14H20N2O2. The van der Waals surface area contributed by atoms with Crippen molar-refractivity contribution < 1.29 is 9.53 Å². The monoisotopic (exact) mass is 248 g/mol. The lowest BCUT2D eigenvalue weighted by atomic mass is 10.1. The normalized spacial score (nSPS) is 18.8. The van der Waals surface area contributed by atoms with Crippen molar-refractivity contribution in [3.05, 3.63) is 29.8 Å². The molecule has 0 spiro atoms. The zero-order valence-electron chi connectivity index (χ0n) is 10.7. The molecule has 1 heterocycles. The average Bonchev–Trinajstić information content (AvgIpc) is 2.91. The lowest BCUT2D eigenvalue weighted by Gasteiger charge is -2.14. The lowest BCUT2D eigenvalue weighted by molar-refractivity contribution is -0.117. The smallest absolute Gasteiger partial charge is 0.241 e. The second kappa shape index (κ2) is 6.52. The topological polar surface area (TPSA) is 50.4 Å². The van der Waals surface area contributed by atoms with Gasteiger partial charge in [0, 0.05) is 17.9 Å². The first-order valence-corrected chi connectivity index (χ1v) is 6.51. The number of benzene rings is 1. The van der Waals surface area contributed by atoms with E-state index in [1.54, 1.807) is 0 Å². The largest absolute Gasteiger partial charge is 0.377 e. The van der Waals surface area contributed by atoms with E-state index in [0.29, 0.717) is 13.2 Å². The van der Waals surface area contributed by atoms with Crippen LogP contribution in [-0.2, 0) is 16.1 Å². The summed E-state index contributed by atoms with van der Waals surface area (Å²) >= 11 is 0. The third-order valence-electron chi connectivity index (χ3n) is 3.11. The van der Waals surface area contributed by atoms with Gasteiger partial charge in [0.1, 0.15) is 0 Å². The molecule has 1 aromatic rings. The first kappa shape index (κ1) is 13.1. The minimum absolute atomic E-state index is 0.0508. The maximum Gasteiger partial charge on any atom is 0.241 e. The predicted octanol–water partition coefficient (Wildman–Crippen LogP) is 1.91. The van der Waals surface area contributed by atoms with Gasteiger partial charge < -0.3 is 15.4 Å². The van der Waals surface area contributed by atoms with Crippen LogP contribution in [-0.4, -0.2) is 25.1 Å². The van der Waals surface area contributed by atoms with Gasteiger partial charge in [-0.25, -0.2) is 0 Å². The lowest BCUT2D eigenvalue weighted by Crippen LogP contribution is -2.35. The molecule has 1 aliphatic heterocycles. The summed E-state index contributed by atoms with van der Waals surface area (Å²) in [6.45, 7) is 4.10. The molecule has 4 heteroatoms. The van der Waals surface area contributed by atoms with Crippen LogP contribution >= 0.6 is 0 Å². The van der Waals surface area contributed by atoms with E-state index in [4.69, 9.17) is 4.74 Å². The van der Waals surface area contributed by atoms with Crippen LogP contribution < -0.4 is 10.6 Å². The van der Waals surface area contributed by atoms with Crippen LogP contribution in [0.15, 0.2) is 24.3 Å². The molecule has 4 nitrogen and oxygen atoms in total. The number of carbonyl (C=O) groups is 1. The molecule has 2 N–H and O–H groups in total. The SMILES string of the molecule is CCOCc1ccccc1NC(=O)C1CCCN1. The van der Waals surface area contributed by atoms with Crippen molar-refractivity contribution in [2.24, 2.45) is 0 Å². The molecule has 0 saturated carbocycles. The summed E-state index contributed by atoms with van der Waals surface area (Å²) in [4.78, 5) is 12.0. The van der Waals surface area contributed by atoms with Crippen LogP contribution in [0.4, 0.5) is 5.69 Å². The summed E-state index contributed by atoms with van der Waals surface area (Å²) in [5.41, 5.74) is 1.87. The van der Waals surface area contributed by atoms with Gasteiger partial charge in [-0.15, -0.1) is 0 Å². The Labute approximate surface area is 108 Å². The van der Waals surface area contributed by atoms with Crippen LogP contribution in [0.3, 0.4) is 0 Å². The number of rotatable bonds is 5. The van der Waals surface area contributed by atoms with Crippen molar-refractivity contribution in [2.75, 3.05) is 18.5 Å². The molecule has 0 bridgehead atoms. The van der Waals surface area contributed by atoms with Crippen molar-refractivity contribution in [1.29, 1.82) is 0 Å². The number of carbonyl (C=O) groups excluding carboxylic acids is 1. The molecule has 1 atom stereocenters. The molecule has 1 fully saturated rings. The summed E-state index contributed by atoms with van der Waals surface area (Å²) in [6.07, 6.45) is 1.98. The maximum absolute atomic E-state index is 12.0. The molecule has 1 saturated heterocycles. The number of hydrogen-bond donors (Lipinski definition) is 2. The minimum atomic E-state index is -0.0508. The van der Waals surface area contributed by atoms with Gasteiger partial charge in [0.05, 0.1) is 12.6 Å². The van der Waals surface area contributed by atoms with E-state index in [1.165, 1.54) is 0 Å². The van der Waals surface area contributed by atoms with Crippen LogP contribution in [0, 0.1) is 0 Å². The Morgan fingerprint density at radius 2 is 2.33 bits per heavy atom. The van der Waals surface area contributed by atoms with Gasteiger partial charge in [-0.05, 0) is 32.4 Å². The minimum Gasteiger partial charge on any atom is -0.377 e. The first-order chi connectivity index (χ1) is 8.81. The molecule has 1 unspecified atom stereocenters. The average molecular weight is 248 g/mol. The predicted molar refractivity (Wildman–Crippen MR) is 71.4 cm³/mol. The molecule has 0 radical (unpaired) electrons. The highest BCUT2D eigenvalue weighted by Gasteiger charge is 2.22. The molecule has 0 aromatic heterocycles. The van der Waals surface area contributed by atoms with Gasteiger partial charge >= 0.3 is 0 Å². The van der Waals surface area contributed by atoms with Crippen molar-refractivity contribution in [1.82, 2.24) is 5.32 Å². The summed E-state index contributed by atoms with van der Waals surface area (Å²) < 4.78 is 5.40. The van der Waals surface area contributed by atoms with E-state index in [9.17, 15) is 4.79 Å². The second-order valence-electron chi connectivity index (χ2n) is 4.43. The first-order valence-electron chi connectivity index (χ1n) is 6.51. The van der Waals surface area contributed by atoms with Crippen LogP contribution in [0.25, 0.3) is 0 Å². The summed E-state index contributed by atoms with van der Waals surface area (Å²) in [5, 5.41) is 6.18. The van der Waals surface area contributed by atoms with E-state index in [-0.39, 0.29) is 11.9 Å². The molecule has 1 aromatic carbocycles. The molecule has 2 rings (SSSR count).